The Hall–Kier alpha value is -1.90. The summed E-state index contributed by atoms with van der Waals surface area (Å²) < 4.78 is 16.0. The molecule has 84 valence electrons. The highest BCUT2D eigenvalue weighted by Crippen LogP contribution is 2.32. The van der Waals surface area contributed by atoms with E-state index in [1.165, 1.54) is 0 Å². The standard InChI is InChI=1S/C13H14O3/c1-3-15-12-8-9-16-13(12)10-4-6-11(14-2)7-5-10/h4-9H,3H2,1-2H3. The van der Waals surface area contributed by atoms with Crippen molar-refractivity contribution in [2.75, 3.05) is 13.7 Å². The summed E-state index contributed by atoms with van der Waals surface area (Å²) in [5.74, 6) is 2.35. The Kier molecular flexibility index (Phi) is 3.15. The fraction of sp³-hybridized carbons (Fsp3) is 0.231. The van der Waals surface area contributed by atoms with Crippen LogP contribution in [0.15, 0.2) is 41.0 Å². The van der Waals surface area contributed by atoms with Gasteiger partial charge in [-0.3, -0.25) is 0 Å². The first kappa shape index (κ1) is 10.6. The monoisotopic (exact) mass is 218 g/mol. The Balaban J connectivity index is 2.31. The summed E-state index contributed by atoms with van der Waals surface area (Å²) >= 11 is 0. The second kappa shape index (κ2) is 4.75. The predicted molar refractivity (Wildman–Crippen MR) is 61.9 cm³/mol. The molecule has 0 aliphatic heterocycles. The molecule has 1 heterocycles. The fourth-order valence-corrected chi connectivity index (χ4v) is 1.52. The van der Waals surface area contributed by atoms with E-state index in [4.69, 9.17) is 13.9 Å². The average molecular weight is 218 g/mol. The second-order valence-electron chi connectivity index (χ2n) is 3.28. The first-order chi connectivity index (χ1) is 7.85. The van der Waals surface area contributed by atoms with Gasteiger partial charge in [0.1, 0.15) is 5.75 Å². The first-order valence-corrected chi connectivity index (χ1v) is 5.20. The van der Waals surface area contributed by atoms with E-state index in [0.29, 0.717) is 6.61 Å². The van der Waals surface area contributed by atoms with Gasteiger partial charge in [0.15, 0.2) is 11.5 Å². The van der Waals surface area contributed by atoms with Crippen LogP contribution >= 0.6 is 0 Å². The minimum absolute atomic E-state index is 0.628. The summed E-state index contributed by atoms with van der Waals surface area (Å²) in [4.78, 5) is 0. The maximum atomic E-state index is 5.46. The number of rotatable bonds is 4. The summed E-state index contributed by atoms with van der Waals surface area (Å²) in [6.45, 7) is 2.58. The van der Waals surface area contributed by atoms with Gasteiger partial charge in [-0.25, -0.2) is 0 Å². The molecule has 2 rings (SSSR count). The van der Waals surface area contributed by atoms with Crippen molar-refractivity contribution in [2.45, 2.75) is 6.92 Å². The van der Waals surface area contributed by atoms with Gasteiger partial charge in [-0.2, -0.15) is 0 Å². The minimum atomic E-state index is 0.628. The molecule has 16 heavy (non-hydrogen) atoms. The third kappa shape index (κ3) is 2.03. The van der Waals surface area contributed by atoms with E-state index in [9.17, 15) is 0 Å². The van der Waals surface area contributed by atoms with Crippen molar-refractivity contribution < 1.29 is 13.9 Å². The van der Waals surface area contributed by atoms with Gasteiger partial charge in [0.25, 0.3) is 0 Å². The Morgan fingerprint density at radius 1 is 1.12 bits per heavy atom. The maximum absolute atomic E-state index is 5.46. The number of hydrogen-bond acceptors (Lipinski definition) is 3. The Morgan fingerprint density at radius 2 is 1.88 bits per heavy atom. The smallest absolute Gasteiger partial charge is 0.175 e. The molecule has 0 bridgehead atoms. The zero-order valence-electron chi connectivity index (χ0n) is 9.40. The van der Waals surface area contributed by atoms with Crippen LogP contribution in [-0.4, -0.2) is 13.7 Å². The van der Waals surface area contributed by atoms with Gasteiger partial charge in [0.05, 0.1) is 20.0 Å². The number of hydrogen-bond donors (Lipinski definition) is 0. The van der Waals surface area contributed by atoms with Crippen molar-refractivity contribution in [3.63, 3.8) is 0 Å². The lowest BCUT2D eigenvalue weighted by Gasteiger charge is -2.04. The van der Waals surface area contributed by atoms with Crippen LogP contribution in [-0.2, 0) is 0 Å². The number of methoxy groups -OCH3 is 1. The summed E-state index contributed by atoms with van der Waals surface area (Å²) in [5.41, 5.74) is 0.981. The zero-order valence-corrected chi connectivity index (χ0v) is 9.40. The van der Waals surface area contributed by atoms with Crippen LogP contribution in [0.4, 0.5) is 0 Å². The molecule has 0 N–H and O–H groups in total. The molecule has 2 aromatic rings. The van der Waals surface area contributed by atoms with Gasteiger partial charge in [-0.15, -0.1) is 0 Å². The minimum Gasteiger partial charge on any atom is -0.497 e. The van der Waals surface area contributed by atoms with Gasteiger partial charge in [0.2, 0.25) is 0 Å². The molecule has 0 spiro atoms. The maximum Gasteiger partial charge on any atom is 0.175 e. The van der Waals surface area contributed by atoms with Gasteiger partial charge < -0.3 is 13.9 Å². The lowest BCUT2D eigenvalue weighted by Crippen LogP contribution is -1.91. The van der Waals surface area contributed by atoms with E-state index in [1.807, 2.05) is 37.3 Å². The normalized spacial score (nSPS) is 10.1. The summed E-state index contributed by atoms with van der Waals surface area (Å²) in [6, 6.07) is 9.50. The molecule has 0 atom stereocenters. The molecule has 0 unspecified atom stereocenters. The summed E-state index contributed by atoms with van der Waals surface area (Å²) in [5, 5.41) is 0. The Labute approximate surface area is 94.6 Å². The van der Waals surface area contributed by atoms with Crippen molar-refractivity contribution >= 4 is 0 Å². The molecule has 1 aromatic carbocycles. The molecule has 3 heteroatoms. The largest absolute Gasteiger partial charge is 0.497 e. The highest BCUT2D eigenvalue weighted by molar-refractivity contribution is 5.65. The predicted octanol–water partition coefficient (Wildman–Crippen LogP) is 3.35. The van der Waals surface area contributed by atoms with Crippen LogP contribution < -0.4 is 9.47 Å². The van der Waals surface area contributed by atoms with Gasteiger partial charge in [-0.05, 0) is 31.2 Å². The molecule has 0 fully saturated rings. The molecule has 0 saturated carbocycles. The topological polar surface area (TPSA) is 31.6 Å². The molecule has 3 nitrogen and oxygen atoms in total. The third-order valence-electron chi connectivity index (χ3n) is 2.28. The van der Waals surface area contributed by atoms with Crippen molar-refractivity contribution in [3.8, 4) is 22.8 Å². The van der Waals surface area contributed by atoms with E-state index in [2.05, 4.69) is 0 Å². The van der Waals surface area contributed by atoms with Crippen LogP contribution in [0.3, 0.4) is 0 Å². The molecule has 0 aliphatic rings. The molecule has 0 amide bonds. The van der Waals surface area contributed by atoms with E-state index in [1.54, 1.807) is 13.4 Å². The molecule has 0 radical (unpaired) electrons. The third-order valence-corrected chi connectivity index (χ3v) is 2.28. The highest BCUT2D eigenvalue weighted by atomic mass is 16.5. The van der Waals surface area contributed by atoms with Crippen LogP contribution in [0.5, 0.6) is 11.5 Å². The van der Waals surface area contributed by atoms with Gasteiger partial charge >= 0.3 is 0 Å². The van der Waals surface area contributed by atoms with Crippen LogP contribution in [0.2, 0.25) is 0 Å². The van der Waals surface area contributed by atoms with E-state index < -0.39 is 0 Å². The SMILES string of the molecule is CCOc1ccoc1-c1ccc(OC)cc1. The molecular weight excluding hydrogens is 204 g/mol. The Morgan fingerprint density at radius 3 is 2.50 bits per heavy atom. The zero-order chi connectivity index (χ0) is 11.4. The molecule has 1 aromatic heterocycles. The van der Waals surface area contributed by atoms with Crippen LogP contribution in [0.25, 0.3) is 11.3 Å². The van der Waals surface area contributed by atoms with E-state index >= 15 is 0 Å². The molecule has 0 saturated heterocycles. The number of furan rings is 1. The van der Waals surface area contributed by atoms with Crippen molar-refractivity contribution in [3.05, 3.63) is 36.6 Å². The van der Waals surface area contributed by atoms with Crippen LogP contribution in [0, 0.1) is 0 Å². The van der Waals surface area contributed by atoms with Crippen molar-refractivity contribution in [2.24, 2.45) is 0 Å². The van der Waals surface area contributed by atoms with E-state index in [0.717, 1.165) is 22.8 Å². The van der Waals surface area contributed by atoms with Crippen molar-refractivity contribution in [1.82, 2.24) is 0 Å². The van der Waals surface area contributed by atoms with Gasteiger partial charge in [-0.1, -0.05) is 0 Å². The quantitative estimate of drug-likeness (QED) is 0.788. The van der Waals surface area contributed by atoms with Crippen molar-refractivity contribution in [1.29, 1.82) is 0 Å². The second-order valence-corrected chi connectivity index (χ2v) is 3.28. The summed E-state index contributed by atoms with van der Waals surface area (Å²) in [7, 11) is 1.65. The highest BCUT2D eigenvalue weighted by Gasteiger charge is 2.09. The number of benzene rings is 1. The van der Waals surface area contributed by atoms with Gasteiger partial charge in [0, 0.05) is 11.6 Å². The molecule has 0 aliphatic carbocycles. The fourth-order valence-electron chi connectivity index (χ4n) is 1.52. The summed E-state index contributed by atoms with van der Waals surface area (Å²) in [6.07, 6.45) is 1.63. The first-order valence-electron chi connectivity index (χ1n) is 5.20. The average Bonchev–Trinajstić information content (AvgIpc) is 2.78. The molecular formula is C13H14O3. The Bertz CT molecular complexity index is 442. The lowest BCUT2D eigenvalue weighted by molar-refractivity contribution is 0.338. The van der Waals surface area contributed by atoms with Crippen LogP contribution in [0.1, 0.15) is 6.92 Å². The number of ether oxygens (including phenoxy) is 2. The van der Waals surface area contributed by atoms with E-state index in [-0.39, 0.29) is 0 Å². The lowest BCUT2D eigenvalue weighted by atomic mass is 10.1.